The third kappa shape index (κ3) is 4.40. The van der Waals surface area contributed by atoms with E-state index in [1.165, 1.54) is 11.8 Å². The second kappa shape index (κ2) is 8.88. The van der Waals surface area contributed by atoms with Gasteiger partial charge in [0.05, 0.1) is 10.8 Å². The zero-order valence-electron chi connectivity index (χ0n) is 14.9. The van der Waals surface area contributed by atoms with Crippen LogP contribution in [0.2, 0.25) is 5.02 Å². The first-order chi connectivity index (χ1) is 13.1. The number of thioether (sulfide) groups is 1. The average molecular weight is 399 g/mol. The third-order valence-electron chi connectivity index (χ3n) is 3.96. The second-order valence-corrected chi connectivity index (χ2v) is 7.11. The number of carbonyl (C=O) groups excluding carboxylic acids is 1. The van der Waals surface area contributed by atoms with E-state index in [1.54, 1.807) is 11.0 Å². The van der Waals surface area contributed by atoms with Crippen LogP contribution in [0.1, 0.15) is 0 Å². The fourth-order valence-corrected chi connectivity index (χ4v) is 3.62. The predicted octanol–water partition coefficient (Wildman–Crippen LogP) is 4.45. The summed E-state index contributed by atoms with van der Waals surface area (Å²) in [5.41, 5.74) is 1.66. The molecule has 0 radical (unpaired) electrons. The SMILES string of the molecule is C=CCN(C(=O)CSc1nnc(-c2ccccc2Cl)n1C)c1ccccc1. The lowest BCUT2D eigenvalue weighted by Crippen LogP contribution is -2.32. The van der Waals surface area contributed by atoms with Gasteiger partial charge < -0.3 is 9.47 Å². The Bertz CT molecular complexity index is 942. The minimum atomic E-state index is -0.0200. The van der Waals surface area contributed by atoms with Crippen molar-refractivity contribution in [2.45, 2.75) is 5.16 Å². The Morgan fingerprint density at radius 3 is 2.59 bits per heavy atom. The summed E-state index contributed by atoms with van der Waals surface area (Å²) in [6.07, 6.45) is 1.72. The molecule has 0 unspecified atom stereocenters. The fraction of sp³-hybridized carbons (Fsp3) is 0.150. The molecule has 3 rings (SSSR count). The first-order valence-corrected chi connectivity index (χ1v) is 9.71. The molecule has 1 heterocycles. The van der Waals surface area contributed by atoms with Crippen molar-refractivity contribution in [2.24, 2.45) is 7.05 Å². The smallest absolute Gasteiger partial charge is 0.237 e. The molecule has 27 heavy (non-hydrogen) atoms. The second-order valence-electron chi connectivity index (χ2n) is 5.76. The molecule has 7 heteroatoms. The van der Waals surface area contributed by atoms with E-state index in [0.717, 1.165) is 11.3 Å². The molecule has 1 aromatic heterocycles. The van der Waals surface area contributed by atoms with E-state index in [1.807, 2.05) is 66.2 Å². The lowest BCUT2D eigenvalue weighted by molar-refractivity contribution is -0.116. The summed E-state index contributed by atoms with van der Waals surface area (Å²) >= 11 is 7.60. The molecule has 5 nitrogen and oxygen atoms in total. The van der Waals surface area contributed by atoms with Crippen molar-refractivity contribution in [2.75, 3.05) is 17.2 Å². The Labute approximate surface area is 167 Å². The number of hydrogen-bond donors (Lipinski definition) is 0. The summed E-state index contributed by atoms with van der Waals surface area (Å²) in [7, 11) is 1.87. The highest BCUT2D eigenvalue weighted by Gasteiger charge is 2.18. The van der Waals surface area contributed by atoms with Gasteiger partial charge in [0.2, 0.25) is 5.91 Å². The summed E-state index contributed by atoms with van der Waals surface area (Å²) in [6.45, 7) is 4.20. The molecule has 0 bridgehead atoms. The van der Waals surface area contributed by atoms with Crippen molar-refractivity contribution < 1.29 is 4.79 Å². The quantitative estimate of drug-likeness (QED) is 0.436. The summed E-state index contributed by atoms with van der Waals surface area (Å²) in [5, 5.41) is 9.71. The molecule has 3 aromatic rings. The Morgan fingerprint density at radius 2 is 1.89 bits per heavy atom. The number of anilines is 1. The minimum absolute atomic E-state index is 0.0200. The van der Waals surface area contributed by atoms with Gasteiger partial charge in [0.25, 0.3) is 0 Å². The molecule has 0 N–H and O–H groups in total. The van der Waals surface area contributed by atoms with Gasteiger partial charge in [0, 0.05) is 24.8 Å². The van der Waals surface area contributed by atoms with Gasteiger partial charge >= 0.3 is 0 Å². The number of amides is 1. The minimum Gasteiger partial charge on any atom is -0.308 e. The van der Waals surface area contributed by atoms with E-state index in [2.05, 4.69) is 16.8 Å². The molecule has 1 amide bonds. The van der Waals surface area contributed by atoms with Crippen LogP contribution in [0.25, 0.3) is 11.4 Å². The molecule has 0 saturated heterocycles. The summed E-state index contributed by atoms with van der Waals surface area (Å²) in [4.78, 5) is 14.4. The first kappa shape index (κ1) is 19.2. The van der Waals surface area contributed by atoms with Gasteiger partial charge in [0.15, 0.2) is 11.0 Å². The molecular formula is C20H19ClN4OS. The highest BCUT2D eigenvalue weighted by atomic mass is 35.5. The monoisotopic (exact) mass is 398 g/mol. The summed E-state index contributed by atoms with van der Waals surface area (Å²) in [6, 6.07) is 17.0. The van der Waals surface area contributed by atoms with Crippen LogP contribution in [0.15, 0.2) is 72.4 Å². The van der Waals surface area contributed by atoms with E-state index in [0.29, 0.717) is 22.5 Å². The maximum absolute atomic E-state index is 12.7. The van der Waals surface area contributed by atoms with Crippen LogP contribution in [0.3, 0.4) is 0 Å². The lowest BCUT2D eigenvalue weighted by Gasteiger charge is -2.21. The van der Waals surface area contributed by atoms with Crippen LogP contribution in [0, 0.1) is 0 Å². The van der Waals surface area contributed by atoms with Crippen LogP contribution in [-0.4, -0.2) is 33.0 Å². The van der Waals surface area contributed by atoms with Crippen molar-refractivity contribution in [1.82, 2.24) is 14.8 Å². The Hall–Kier alpha value is -2.57. The fourth-order valence-electron chi connectivity index (χ4n) is 2.61. The molecule has 0 atom stereocenters. The normalized spacial score (nSPS) is 10.6. The molecule has 0 aliphatic carbocycles. The van der Waals surface area contributed by atoms with Crippen molar-refractivity contribution in [3.8, 4) is 11.4 Å². The van der Waals surface area contributed by atoms with Crippen LogP contribution in [0.5, 0.6) is 0 Å². The molecule has 0 fully saturated rings. The van der Waals surface area contributed by atoms with Crippen molar-refractivity contribution >= 4 is 35.0 Å². The standard InChI is InChI=1S/C20H19ClN4OS/c1-3-13-25(15-9-5-4-6-10-15)18(26)14-27-20-23-22-19(24(20)2)16-11-7-8-12-17(16)21/h3-12H,1,13-14H2,2H3. The summed E-state index contributed by atoms with van der Waals surface area (Å²) < 4.78 is 1.85. The number of aromatic nitrogens is 3. The average Bonchev–Trinajstić information content (AvgIpc) is 3.05. The number of benzene rings is 2. The highest BCUT2D eigenvalue weighted by molar-refractivity contribution is 7.99. The predicted molar refractivity (Wildman–Crippen MR) is 111 cm³/mol. The number of hydrogen-bond acceptors (Lipinski definition) is 4. The Kier molecular flexibility index (Phi) is 6.32. The molecule has 0 saturated carbocycles. The lowest BCUT2D eigenvalue weighted by atomic mass is 10.2. The largest absolute Gasteiger partial charge is 0.308 e. The van der Waals surface area contributed by atoms with Gasteiger partial charge in [-0.1, -0.05) is 59.8 Å². The van der Waals surface area contributed by atoms with Crippen LogP contribution in [-0.2, 0) is 11.8 Å². The summed E-state index contributed by atoms with van der Waals surface area (Å²) in [5.74, 6) is 0.895. The van der Waals surface area contributed by atoms with E-state index in [-0.39, 0.29) is 11.7 Å². The molecular weight excluding hydrogens is 380 g/mol. The Morgan fingerprint density at radius 1 is 1.19 bits per heavy atom. The molecule has 138 valence electrons. The van der Waals surface area contributed by atoms with E-state index >= 15 is 0 Å². The van der Waals surface area contributed by atoms with E-state index in [4.69, 9.17) is 11.6 Å². The maximum atomic E-state index is 12.7. The number of para-hydroxylation sites is 1. The topological polar surface area (TPSA) is 51.0 Å². The molecule has 0 aliphatic rings. The Balaban J connectivity index is 1.74. The van der Waals surface area contributed by atoms with Crippen LogP contribution in [0.4, 0.5) is 5.69 Å². The molecule has 0 spiro atoms. The zero-order chi connectivity index (χ0) is 19.2. The number of nitrogens with zero attached hydrogens (tertiary/aromatic N) is 4. The first-order valence-electron chi connectivity index (χ1n) is 8.35. The number of carbonyl (C=O) groups is 1. The van der Waals surface area contributed by atoms with Crippen molar-refractivity contribution in [1.29, 1.82) is 0 Å². The number of halogens is 1. The molecule has 2 aromatic carbocycles. The van der Waals surface area contributed by atoms with Gasteiger partial charge in [-0.25, -0.2) is 0 Å². The van der Waals surface area contributed by atoms with E-state index in [9.17, 15) is 4.79 Å². The van der Waals surface area contributed by atoms with Crippen molar-refractivity contribution in [3.63, 3.8) is 0 Å². The maximum Gasteiger partial charge on any atom is 0.237 e. The highest BCUT2D eigenvalue weighted by Crippen LogP contribution is 2.28. The van der Waals surface area contributed by atoms with Gasteiger partial charge in [-0.3, -0.25) is 4.79 Å². The molecule has 0 aliphatic heterocycles. The number of rotatable bonds is 7. The zero-order valence-corrected chi connectivity index (χ0v) is 16.5. The van der Waals surface area contributed by atoms with Crippen LogP contribution < -0.4 is 4.90 Å². The van der Waals surface area contributed by atoms with Crippen molar-refractivity contribution in [3.05, 3.63) is 72.3 Å². The van der Waals surface area contributed by atoms with Gasteiger partial charge in [-0.15, -0.1) is 16.8 Å². The van der Waals surface area contributed by atoms with Gasteiger partial charge in [0.1, 0.15) is 0 Å². The third-order valence-corrected chi connectivity index (χ3v) is 5.29. The van der Waals surface area contributed by atoms with E-state index < -0.39 is 0 Å². The van der Waals surface area contributed by atoms with Gasteiger partial charge in [-0.2, -0.15) is 0 Å². The van der Waals surface area contributed by atoms with Crippen LogP contribution >= 0.6 is 23.4 Å². The van der Waals surface area contributed by atoms with Gasteiger partial charge in [-0.05, 0) is 24.3 Å².